The number of amides is 2. The number of nitrogens with one attached hydrogen (secondary N) is 2. The minimum Gasteiger partial charge on any atom is -0.353 e. The van der Waals surface area contributed by atoms with Crippen molar-refractivity contribution < 1.29 is 23.2 Å². The third-order valence-electron chi connectivity index (χ3n) is 5.64. The first-order valence-electron chi connectivity index (χ1n) is 10.6. The Morgan fingerprint density at radius 1 is 1.16 bits per heavy atom. The van der Waals surface area contributed by atoms with E-state index in [2.05, 4.69) is 5.32 Å². The van der Waals surface area contributed by atoms with E-state index in [1.165, 1.54) is 17.4 Å². The topological polar surface area (TPSA) is 113 Å². The Bertz CT molecular complexity index is 1090. The van der Waals surface area contributed by atoms with Crippen LogP contribution in [0, 0.1) is 0 Å². The summed E-state index contributed by atoms with van der Waals surface area (Å²) >= 11 is 1.36. The first-order chi connectivity index (χ1) is 15.3. The third-order valence-corrected chi connectivity index (χ3v) is 9.69. The number of hydroxylamine groups is 1. The molecule has 0 aliphatic carbocycles. The molecule has 2 aromatic rings. The van der Waals surface area contributed by atoms with Gasteiger partial charge in [-0.05, 0) is 48.6 Å². The lowest BCUT2D eigenvalue weighted by molar-refractivity contribution is -0.130. The molecule has 1 aromatic carbocycles. The number of benzene rings is 1. The van der Waals surface area contributed by atoms with Gasteiger partial charge in [-0.1, -0.05) is 37.6 Å². The number of hydrogen-bond acceptors (Lipinski definition) is 6. The van der Waals surface area contributed by atoms with Gasteiger partial charge in [-0.2, -0.15) is 0 Å². The summed E-state index contributed by atoms with van der Waals surface area (Å²) < 4.78 is 24.8. The van der Waals surface area contributed by atoms with Crippen molar-refractivity contribution in [1.82, 2.24) is 10.8 Å². The number of hydrogen-bond donors (Lipinski definition) is 3. The molecule has 1 fully saturated rings. The molecule has 0 unspecified atom stereocenters. The highest BCUT2D eigenvalue weighted by atomic mass is 32.2. The summed E-state index contributed by atoms with van der Waals surface area (Å²) in [7, 11) is -3.55. The van der Waals surface area contributed by atoms with E-state index in [4.69, 9.17) is 5.21 Å². The first-order valence-corrected chi connectivity index (χ1v) is 13.1. The van der Waals surface area contributed by atoms with Crippen molar-refractivity contribution in [3.63, 3.8) is 0 Å². The summed E-state index contributed by atoms with van der Waals surface area (Å²) in [5.74, 6) is -0.805. The molecule has 1 aliphatic heterocycles. The number of carbonyl (C=O) groups excluding carboxylic acids is 2. The molecule has 9 heteroatoms. The predicted octanol–water partition coefficient (Wildman–Crippen LogP) is 3.64. The smallest absolute Gasteiger partial charge is 0.245 e. The minimum atomic E-state index is -3.55. The van der Waals surface area contributed by atoms with Crippen LogP contribution in [0.3, 0.4) is 0 Å². The van der Waals surface area contributed by atoms with Gasteiger partial charge in [0.25, 0.3) is 0 Å². The number of thiophene rings is 1. The van der Waals surface area contributed by atoms with Gasteiger partial charge in [0, 0.05) is 22.4 Å². The van der Waals surface area contributed by atoms with Crippen LogP contribution in [0.4, 0.5) is 0 Å². The van der Waals surface area contributed by atoms with Gasteiger partial charge in [-0.3, -0.25) is 14.8 Å². The minimum absolute atomic E-state index is 0.0335. The Morgan fingerprint density at radius 3 is 2.56 bits per heavy atom. The summed E-state index contributed by atoms with van der Waals surface area (Å²) in [5, 5.41) is 11.8. The van der Waals surface area contributed by atoms with Gasteiger partial charge >= 0.3 is 0 Å². The van der Waals surface area contributed by atoms with Crippen LogP contribution in [0.5, 0.6) is 0 Å². The van der Waals surface area contributed by atoms with Crippen molar-refractivity contribution in [1.29, 1.82) is 0 Å². The maximum absolute atomic E-state index is 13.0. The summed E-state index contributed by atoms with van der Waals surface area (Å²) in [5.41, 5.74) is 3.38. The lowest BCUT2D eigenvalue weighted by Gasteiger charge is -2.35. The quantitative estimate of drug-likeness (QED) is 0.306. The van der Waals surface area contributed by atoms with Crippen molar-refractivity contribution in [2.75, 3.05) is 12.3 Å². The van der Waals surface area contributed by atoms with E-state index in [-0.39, 0.29) is 18.1 Å². The average Bonchev–Trinajstić information content (AvgIpc) is 3.28. The molecule has 32 heavy (non-hydrogen) atoms. The van der Waals surface area contributed by atoms with Gasteiger partial charge in [-0.25, -0.2) is 13.9 Å². The standard InChI is InChI=1S/C23H28N2O5S2/c1-2-14-24-21(26)12-7-17-5-8-18(9-6-17)19-10-11-20(31-19)23(16-22(27)25-28)13-3-4-15-32(23,29)30/h5-12,28H,2-4,13-16H2,1H3,(H,24,26)(H,25,27)/b12-7+/t23-/m0/s1. The zero-order valence-corrected chi connectivity index (χ0v) is 19.6. The van der Waals surface area contributed by atoms with Crippen molar-refractivity contribution in [3.05, 3.63) is 52.9 Å². The van der Waals surface area contributed by atoms with E-state index in [9.17, 15) is 18.0 Å². The zero-order chi connectivity index (χ0) is 23.2. The second-order valence-electron chi connectivity index (χ2n) is 7.89. The van der Waals surface area contributed by atoms with Crippen molar-refractivity contribution in [2.24, 2.45) is 0 Å². The first kappa shape index (κ1) is 24.2. The van der Waals surface area contributed by atoms with E-state index in [0.29, 0.717) is 30.7 Å². The van der Waals surface area contributed by atoms with Gasteiger partial charge in [0.1, 0.15) is 4.75 Å². The Kier molecular flexibility index (Phi) is 7.86. The molecule has 1 saturated heterocycles. The molecule has 7 nitrogen and oxygen atoms in total. The molecular formula is C23H28N2O5S2. The molecule has 3 N–H and O–H groups in total. The van der Waals surface area contributed by atoms with Crippen LogP contribution in [-0.2, 0) is 24.2 Å². The maximum atomic E-state index is 13.0. The van der Waals surface area contributed by atoms with E-state index in [1.54, 1.807) is 17.6 Å². The van der Waals surface area contributed by atoms with Crippen LogP contribution in [0.25, 0.3) is 16.5 Å². The molecule has 1 aromatic heterocycles. The van der Waals surface area contributed by atoms with Crippen LogP contribution in [-0.4, -0.2) is 37.7 Å². The second kappa shape index (κ2) is 10.4. The van der Waals surface area contributed by atoms with E-state index < -0.39 is 20.5 Å². The highest BCUT2D eigenvalue weighted by molar-refractivity contribution is 7.92. The van der Waals surface area contributed by atoms with Gasteiger partial charge in [0.15, 0.2) is 9.84 Å². The fourth-order valence-electron chi connectivity index (χ4n) is 3.89. The summed E-state index contributed by atoms with van der Waals surface area (Å²) in [6, 6.07) is 11.3. The Morgan fingerprint density at radius 2 is 1.91 bits per heavy atom. The maximum Gasteiger partial charge on any atom is 0.245 e. The fourth-order valence-corrected chi connectivity index (χ4v) is 7.67. The van der Waals surface area contributed by atoms with Crippen LogP contribution in [0.15, 0.2) is 42.5 Å². The van der Waals surface area contributed by atoms with E-state index >= 15 is 0 Å². The second-order valence-corrected chi connectivity index (χ2v) is 11.4. The van der Waals surface area contributed by atoms with Gasteiger partial charge < -0.3 is 5.32 Å². The van der Waals surface area contributed by atoms with E-state index in [0.717, 1.165) is 22.4 Å². The molecule has 2 amide bonds. The molecule has 172 valence electrons. The molecule has 2 heterocycles. The number of carbonyl (C=O) groups is 2. The summed E-state index contributed by atoms with van der Waals surface area (Å²) in [6.45, 7) is 2.63. The predicted molar refractivity (Wildman–Crippen MR) is 126 cm³/mol. The van der Waals surface area contributed by atoms with Gasteiger partial charge in [-0.15, -0.1) is 11.3 Å². The molecule has 0 saturated carbocycles. The summed E-state index contributed by atoms with van der Waals surface area (Å²) in [6.07, 6.45) is 5.46. The normalized spacial score (nSPS) is 20.2. The monoisotopic (exact) mass is 476 g/mol. The third kappa shape index (κ3) is 5.28. The molecule has 0 bridgehead atoms. The van der Waals surface area contributed by atoms with Crippen molar-refractivity contribution in [3.8, 4) is 10.4 Å². The van der Waals surface area contributed by atoms with Crippen LogP contribution >= 0.6 is 11.3 Å². The molecular weight excluding hydrogens is 448 g/mol. The molecule has 0 radical (unpaired) electrons. The molecule has 3 rings (SSSR count). The van der Waals surface area contributed by atoms with Crippen molar-refractivity contribution in [2.45, 2.75) is 43.8 Å². The van der Waals surface area contributed by atoms with Crippen molar-refractivity contribution >= 4 is 39.1 Å². The lowest BCUT2D eigenvalue weighted by Crippen LogP contribution is -2.43. The fraction of sp³-hybridized carbons (Fsp3) is 0.391. The molecule has 1 aliphatic rings. The highest BCUT2D eigenvalue weighted by Crippen LogP contribution is 2.47. The van der Waals surface area contributed by atoms with Crippen LogP contribution in [0.2, 0.25) is 0 Å². The summed E-state index contributed by atoms with van der Waals surface area (Å²) in [4.78, 5) is 25.2. The Hall–Kier alpha value is -2.49. The van der Waals surface area contributed by atoms with Crippen LogP contribution < -0.4 is 10.8 Å². The Labute approximate surface area is 192 Å². The molecule has 0 spiro atoms. The average molecular weight is 477 g/mol. The van der Waals surface area contributed by atoms with E-state index in [1.807, 2.05) is 37.3 Å². The van der Waals surface area contributed by atoms with Gasteiger partial charge in [0.2, 0.25) is 11.8 Å². The largest absolute Gasteiger partial charge is 0.353 e. The Balaban J connectivity index is 1.84. The lowest BCUT2D eigenvalue weighted by atomic mass is 9.94. The zero-order valence-electron chi connectivity index (χ0n) is 18.0. The van der Waals surface area contributed by atoms with Crippen LogP contribution in [0.1, 0.15) is 49.5 Å². The molecule has 1 atom stereocenters. The number of sulfone groups is 1. The highest BCUT2D eigenvalue weighted by Gasteiger charge is 2.49. The number of rotatable bonds is 8. The SMILES string of the molecule is CCCNC(=O)/C=C/c1ccc(-c2ccc([C@@]3(CC(=O)NO)CCCCS3(=O)=O)s2)cc1. The van der Waals surface area contributed by atoms with Gasteiger partial charge in [0.05, 0.1) is 12.2 Å².